The number of benzene rings is 1. The molecule has 0 spiro atoms. The molecule has 0 fully saturated rings. The monoisotopic (exact) mass is 320 g/mol. The van der Waals surface area contributed by atoms with E-state index in [1.807, 2.05) is 12.4 Å². The Balaban J connectivity index is 1.70. The number of hydrogen-bond acceptors (Lipinski definition) is 3. The fourth-order valence-corrected chi connectivity index (χ4v) is 3.74. The second kappa shape index (κ2) is 5.93. The summed E-state index contributed by atoms with van der Waals surface area (Å²) in [5.74, 6) is 1.16. The highest BCUT2D eigenvalue weighted by Gasteiger charge is 2.23. The molecule has 0 aliphatic carbocycles. The largest absolute Gasteiger partial charge is 0.372 e. The first kappa shape index (κ1) is 15.2. The molecule has 1 atom stereocenters. The van der Waals surface area contributed by atoms with Crippen molar-refractivity contribution in [2.75, 3.05) is 11.9 Å². The van der Waals surface area contributed by atoms with Crippen LogP contribution in [0, 0.1) is 0 Å². The van der Waals surface area contributed by atoms with E-state index in [-0.39, 0.29) is 0 Å². The van der Waals surface area contributed by atoms with E-state index in [0.717, 1.165) is 25.1 Å². The SMILES string of the molecule is CC1CCc2c(ccc3c2nc(CCc2ccncc2)n3C)N1C. The molecule has 0 amide bonds. The maximum absolute atomic E-state index is 5.02. The summed E-state index contributed by atoms with van der Waals surface area (Å²) in [4.78, 5) is 11.5. The molecule has 4 heteroatoms. The van der Waals surface area contributed by atoms with Crippen LogP contribution in [0.3, 0.4) is 0 Å². The molecule has 0 radical (unpaired) electrons. The zero-order valence-electron chi connectivity index (χ0n) is 14.7. The lowest BCUT2D eigenvalue weighted by atomic mass is 9.96. The molecule has 24 heavy (non-hydrogen) atoms. The van der Waals surface area contributed by atoms with Crippen molar-refractivity contribution in [3.8, 4) is 0 Å². The van der Waals surface area contributed by atoms with Crippen molar-refractivity contribution < 1.29 is 0 Å². The number of imidazole rings is 1. The molecule has 1 aliphatic rings. The molecule has 1 aromatic carbocycles. The molecule has 1 unspecified atom stereocenters. The van der Waals surface area contributed by atoms with Gasteiger partial charge in [0.15, 0.2) is 0 Å². The first-order chi connectivity index (χ1) is 11.6. The van der Waals surface area contributed by atoms with Crippen LogP contribution in [-0.4, -0.2) is 27.6 Å². The summed E-state index contributed by atoms with van der Waals surface area (Å²) in [7, 11) is 4.33. The zero-order valence-corrected chi connectivity index (χ0v) is 14.7. The Kier molecular flexibility index (Phi) is 3.75. The van der Waals surface area contributed by atoms with Crippen molar-refractivity contribution >= 4 is 16.7 Å². The molecule has 2 aromatic heterocycles. The van der Waals surface area contributed by atoms with Crippen molar-refractivity contribution in [2.45, 2.75) is 38.6 Å². The van der Waals surface area contributed by atoms with Crippen LogP contribution in [0.15, 0.2) is 36.7 Å². The highest BCUT2D eigenvalue weighted by atomic mass is 15.1. The summed E-state index contributed by atoms with van der Waals surface area (Å²) in [6, 6.07) is 9.26. The van der Waals surface area contributed by atoms with E-state index in [9.17, 15) is 0 Å². The van der Waals surface area contributed by atoms with Crippen molar-refractivity contribution in [3.63, 3.8) is 0 Å². The van der Waals surface area contributed by atoms with Crippen LogP contribution >= 0.6 is 0 Å². The van der Waals surface area contributed by atoms with Crippen molar-refractivity contribution in [3.05, 3.63) is 53.6 Å². The molecule has 124 valence electrons. The van der Waals surface area contributed by atoms with Crippen LogP contribution in [0.4, 0.5) is 5.69 Å². The van der Waals surface area contributed by atoms with E-state index >= 15 is 0 Å². The Morgan fingerprint density at radius 3 is 2.67 bits per heavy atom. The number of rotatable bonds is 3. The van der Waals surface area contributed by atoms with E-state index < -0.39 is 0 Å². The van der Waals surface area contributed by atoms with Gasteiger partial charge in [0.1, 0.15) is 5.82 Å². The van der Waals surface area contributed by atoms with Crippen LogP contribution in [-0.2, 0) is 26.3 Å². The van der Waals surface area contributed by atoms with E-state index in [4.69, 9.17) is 4.98 Å². The van der Waals surface area contributed by atoms with Gasteiger partial charge < -0.3 is 9.47 Å². The molecular formula is C20H24N4. The van der Waals surface area contributed by atoms with E-state index in [0.29, 0.717) is 6.04 Å². The van der Waals surface area contributed by atoms with Gasteiger partial charge in [-0.15, -0.1) is 0 Å². The van der Waals surface area contributed by atoms with E-state index in [1.54, 1.807) is 0 Å². The lowest BCUT2D eigenvalue weighted by Crippen LogP contribution is -2.33. The van der Waals surface area contributed by atoms with Gasteiger partial charge in [0.05, 0.1) is 11.0 Å². The maximum atomic E-state index is 5.02. The summed E-state index contributed by atoms with van der Waals surface area (Å²) < 4.78 is 2.26. The third kappa shape index (κ3) is 2.46. The predicted molar refractivity (Wildman–Crippen MR) is 98.5 cm³/mol. The molecule has 0 saturated carbocycles. The van der Waals surface area contributed by atoms with Gasteiger partial charge in [-0.3, -0.25) is 4.98 Å². The Bertz CT molecular complexity index is 866. The topological polar surface area (TPSA) is 34.0 Å². The number of hydrogen-bond donors (Lipinski definition) is 0. The number of pyridine rings is 1. The van der Waals surface area contributed by atoms with Gasteiger partial charge in [0, 0.05) is 50.2 Å². The Hall–Kier alpha value is -2.36. The summed E-state index contributed by atoms with van der Waals surface area (Å²) in [5, 5.41) is 0. The first-order valence-corrected chi connectivity index (χ1v) is 8.74. The maximum Gasteiger partial charge on any atom is 0.109 e. The summed E-state index contributed by atoms with van der Waals surface area (Å²) in [6.07, 6.45) is 7.99. The molecular weight excluding hydrogens is 296 g/mol. The van der Waals surface area contributed by atoms with Gasteiger partial charge >= 0.3 is 0 Å². The molecule has 4 rings (SSSR count). The predicted octanol–water partition coefficient (Wildman–Crippen LogP) is 3.52. The highest BCUT2D eigenvalue weighted by Crippen LogP contribution is 2.34. The minimum atomic E-state index is 0.602. The molecule has 3 heterocycles. The normalized spacial score (nSPS) is 17.3. The molecule has 0 N–H and O–H groups in total. The Morgan fingerprint density at radius 1 is 1.08 bits per heavy atom. The number of anilines is 1. The fourth-order valence-electron chi connectivity index (χ4n) is 3.74. The summed E-state index contributed by atoms with van der Waals surface area (Å²) in [5.41, 5.74) is 6.52. The van der Waals surface area contributed by atoms with Gasteiger partial charge in [-0.25, -0.2) is 4.98 Å². The third-order valence-corrected chi connectivity index (χ3v) is 5.47. The summed E-state index contributed by atoms with van der Waals surface area (Å²) >= 11 is 0. The van der Waals surface area contributed by atoms with Crippen molar-refractivity contribution in [2.24, 2.45) is 7.05 Å². The Labute approximate surface area is 143 Å². The third-order valence-electron chi connectivity index (χ3n) is 5.47. The van der Waals surface area contributed by atoms with Crippen LogP contribution < -0.4 is 4.90 Å². The number of nitrogens with zero attached hydrogens (tertiary/aromatic N) is 4. The van der Waals surface area contributed by atoms with Gasteiger partial charge in [0.2, 0.25) is 0 Å². The van der Waals surface area contributed by atoms with Crippen LogP contribution in [0.1, 0.15) is 30.3 Å². The summed E-state index contributed by atoms with van der Waals surface area (Å²) in [6.45, 7) is 2.30. The van der Waals surface area contributed by atoms with Crippen LogP contribution in [0.25, 0.3) is 11.0 Å². The first-order valence-electron chi connectivity index (χ1n) is 8.74. The second-order valence-electron chi connectivity index (χ2n) is 6.87. The van der Waals surface area contributed by atoms with Gasteiger partial charge in [-0.05, 0) is 56.0 Å². The van der Waals surface area contributed by atoms with E-state index in [1.165, 1.54) is 34.3 Å². The molecule has 4 nitrogen and oxygen atoms in total. The lowest BCUT2D eigenvalue weighted by molar-refractivity contribution is 0.600. The molecule has 3 aromatic rings. The van der Waals surface area contributed by atoms with Crippen LogP contribution in [0.2, 0.25) is 0 Å². The van der Waals surface area contributed by atoms with Gasteiger partial charge in [-0.2, -0.15) is 0 Å². The van der Waals surface area contributed by atoms with E-state index in [2.05, 4.69) is 59.7 Å². The minimum Gasteiger partial charge on any atom is -0.372 e. The minimum absolute atomic E-state index is 0.602. The molecule has 0 bridgehead atoms. The van der Waals surface area contributed by atoms with Crippen molar-refractivity contribution in [1.29, 1.82) is 0 Å². The highest BCUT2D eigenvalue weighted by molar-refractivity contribution is 5.86. The number of aromatic nitrogens is 3. The lowest BCUT2D eigenvalue weighted by Gasteiger charge is -2.33. The smallest absolute Gasteiger partial charge is 0.109 e. The standard InChI is InChI=1S/C20H24N4/c1-14-4-6-16-17(23(14)2)7-8-18-20(16)22-19(24(18)3)9-5-15-10-12-21-13-11-15/h7-8,10-14H,4-6,9H2,1-3H3. The fraction of sp³-hybridized carbons (Fsp3) is 0.400. The van der Waals surface area contributed by atoms with Gasteiger partial charge in [0.25, 0.3) is 0 Å². The quantitative estimate of drug-likeness (QED) is 0.740. The zero-order chi connectivity index (χ0) is 16.7. The van der Waals surface area contributed by atoms with Gasteiger partial charge in [-0.1, -0.05) is 0 Å². The Morgan fingerprint density at radius 2 is 1.88 bits per heavy atom. The number of fused-ring (bicyclic) bond motifs is 3. The number of aryl methyl sites for hydroxylation is 4. The average molecular weight is 320 g/mol. The second-order valence-corrected chi connectivity index (χ2v) is 6.87. The molecule has 1 aliphatic heterocycles. The van der Waals surface area contributed by atoms with Crippen molar-refractivity contribution in [1.82, 2.24) is 14.5 Å². The average Bonchev–Trinajstić information content (AvgIpc) is 2.93. The molecule has 0 saturated heterocycles. The van der Waals surface area contributed by atoms with Crippen LogP contribution in [0.5, 0.6) is 0 Å².